The van der Waals surface area contributed by atoms with Gasteiger partial charge in [-0.25, -0.2) is 8.78 Å². The Morgan fingerprint density at radius 3 is 2.26 bits per heavy atom. The highest BCUT2D eigenvalue weighted by molar-refractivity contribution is 5.96. The number of halogens is 5. The minimum absolute atomic E-state index is 0.188. The zero-order valence-electron chi connectivity index (χ0n) is 21.4. The van der Waals surface area contributed by atoms with Crippen LogP contribution in [0.25, 0.3) is 0 Å². The third-order valence-electron chi connectivity index (χ3n) is 6.17. The SMILES string of the molecule is CCc1cccc(CN(CC[C@@H](N)Cc2cc(F)cc(F)c2)C(=O)CNC(=O)c2cccc(C(F)(F)F)c2)c1. The van der Waals surface area contributed by atoms with E-state index in [9.17, 15) is 31.5 Å². The number of carbonyl (C=O) groups is 2. The molecule has 0 saturated heterocycles. The molecule has 0 aliphatic heterocycles. The Bertz CT molecular complexity index is 1280. The van der Waals surface area contributed by atoms with E-state index in [4.69, 9.17) is 5.73 Å². The van der Waals surface area contributed by atoms with E-state index in [-0.39, 0.29) is 25.1 Å². The zero-order valence-corrected chi connectivity index (χ0v) is 21.4. The summed E-state index contributed by atoms with van der Waals surface area (Å²) in [5.41, 5.74) is 7.33. The number of rotatable bonds is 11. The maximum absolute atomic E-state index is 13.5. The zero-order chi connectivity index (χ0) is 28.6. The second-order valence-electron chi connectivity index (χ2n) is 9.28. The Morgan fingerprint density at radius 2 is 1.59 bits per heavy atom. The van der Waals surface area contributed by atoms with E-state index < -0.39 is 47.8 Å². The van der Waals surface area contributed by atoms with Crippen LogP contribution in [0.4, 0.5) is 22.0 Å². The number of carbonyl (C=O) groups excluding carboxylic acids is 2. The summed E-state index contributed by atoms with van der Waals surface area (Å²) in [6.07, 6.45) is -3.32. The highest BCUT2D eigenvalue weighted by Crippen LogP contribution is 2.29. The van der Waals surface area contributed by atoms with Crippen molar-refractivity contribution >= 4 is 11.8 Å². The summed E-state index contributed by atoms with van der Waals surface area (Å²) in [6, 6.07) is 14.2. The normalized spacial score (nSPS) is 12.2. The Labute approximate surface area is 223 Å². The number of benzene rings is 3. The standard InChI is InChI=1S/C29H30F5N3O2/c1-2-19-5-3-6-20(11-19)18-37(10-9-26(35)14-21-12-24(30)16-25(31)13-21)27(38)17-36-28(39)22-7-4-8-23(15-22)29(32,33)34/h3-8,11-13,15-16,26H,2,9-10,14,17-18,35H2,1H3,(H,36,39)/t26-/m1/s1. The molecule has 3 rings (SSSR count). The topological polar surface area (TPSA) is 75.4 Å². The molecule has 0 heterocycles. The van der Waals surface area contributed by atoms with Gasteiger partial charge in [-0.3, -0.25) is 9.59 Å². The molecule has 3 aromatic carbocycles. The first-order valence-corrected chi connectivity index (χ1v) is 12.5. The molecule has 3 aromatic rings. The van der Waals surface area contributed by atoms with Gasteiger partial charge in [0.15, 0.2) is 0 Å². The molecule has 1 atom stereocenters. The molecule has 208 valence electrons. The lowest BCUT2D eigenvalue weighted by atomic mass is 10.0. The smallest absolute Gasteiger partial charge is 0.343 e. The lowest BCUT2D eigenvalue weighted by molar-refractivity contribution is -0.137. The molecule has 3 N–H and O–H groups in total. The molecule has 0 radical (unpaired) electrons. The fourth-order valence-electron chi connectivity index (χ4n) is 4.12. The van der Waals surface area contributed by atoms with Gasteiger partial charge in [0.1, 0.15) is 11.6 Å². The van der Waals surface area contributed by atoms with Crippen LogP contribution >= 0.6 is 0 Å². The third kappa shape index (κ3) is 9.17. The number of amides is 2. The average Bonchev–Trinajstić information content (AvgIpc) is 2.88. The Balaban J connectivity index is 1.68. The first-order chi connectivity index (χ1) is 18.4. The van der Waals surface area contributed by atoms with Crippen molar-refractivity contribution in [3.63, 3.8) is 0 Å². The Morgan fingerprint density at radius 1 is 0.923 bits per heavy atom. The van der Waals surface area contributed by atoms with Crippen LogP contribution in [0, 0.1) is 11.6 Å². The molecular weight excluding hydrogens is 517 g/mol. The average molecular weight is 548 g/mol. The number of aryl methyl sites for hydroxylation is 1. The Kier molecular flexibility index (Phi) is 10.2. The minimum Gasteiger partial charge on any atom is -0.343 e. The van der Waals surface area contributed by atoms with Crippen LogP contribution in [0.15, 0.2) is 66.7 Å². The van der Waals surface area contributed by atoms with Crippen molar-refractivity contribution in [2.75, 3.05) is 13.1 Å². The number of hydrogen-bond donors (Lipinski definition) is 2. The van der Waals surface area contributed by atoms with Crippen LogP contribution < -0.4 is 11.1 Å². The molecule has 0 fully saturated rings. The quantitative estimate of drug-likeness (QED) is 0.322. The van der Waals surface area contributed by atoms with Gasteiger partial charge in [0.05, 0.1) is 12.1 Å². The first kappa shape index (κ1) is 29.8. The van der Waals surface area contributed by atoms with Crippen molar-refractivity contribution in [3.05, 3.63) is 106 Å². The van der Waals surface area contributed by atoms with Crippen molar-refractivity contribution in [1.29, 1.82) is 0 Å². The second kappa shape index (κ2) is 13.3. The van der Waals surface area contributed by atoms with Crippen LogP contribution in [-0.2, 0) is 30.4 Å². The molecule has 0 aromatic heterocycles. The summed E-state index contributed by atoms with van der Waals surface area (Å²) < 4.78 is 66.1. The largest absolute Gasteiger partial charge is 0.416 e. The van der Waals surface area contributed by atoms with Gasteiger partial charge >= 0.3 is 6.18 Å². The van der Waals surface area contributed by atoms with Gasteiger partial charge in [0.25, 0.3) is 5.91 Å². The van der Waals surface area contributed by atoms with Gasteiger partial charge < -0.3 is 16.0 Å². The summed E-state index contributed by atoms with van der Waals surface area (Å²) in [6.45, 7) is 1.97. The maximum Gasteiger partial charge on any atom is 0.416 e. The van der Waals surface area contributed by atoms with Crippen molar-refractivity contribution in [2.24, 2.45) is 5.73 Å². The van der Waals surface area contributed by atoms with E-state index in [0.29, 0.717) is 12.0 Å². The molecular formula is C29H30F5N3O2. The van der Waals surface area contributed by atoms with Crippen molar-refractivity contribution in [3.8, 4) is 0 Å². The molecule has 10 heteroatoms. The van der Waals surface area contributed by atoms with Crippen LogP contribution in [-0.4, -0.2) is 35.8 Å². The van der Waals surface area contributed by atoms with Crippen LogP contribution in [0.1, 0.15) is 46.0 Å². The third-order valence-corrected chi connectivity index (χ3v) is 6.17. The molecule has 2 amide bonds. The van der Waals surface area contributed by atoms with E-state index in [2.05, 4.69) is 5.32 Å². The number of nitrogens with one attached hydrogen (secondary N) is 1. The van der Waals surface area contributed by atoms with Gasteiger partial charge in [0, 0.05) is 30.8 Å². The predicted octanol–water partition coefficient (Wildman–Crippen LogP) is 5.26. The summed E-state index contributed by atoms with van der Waals surface area (Å²) in [4.78, 5) is 27.1. The molecule has 0 bridgehead atoms. The summed E-state index contributed by atoms with van der Waals surface area (Å²) in [7, 11) is 0. The van der Waals surface area contributed by atoms with Gasteiger partial charge in [0.2, 0.25) is 5.91 Å². The lowest BCUT2D eigenvalue weighted by Crippen LogP contribution is -2.42. The number of nitrogens with two attached hydrogens (primary N) is 1. The fraction of sp³-hybridized carbons (Fsp3) is 0.310. The highest BCUT2D eigenvalue weighted by Gasteiger charge is 2.31. The molecule has 0 saturated carbocycles. The van der Waals surface area contributed by atoms with Crippen LogP contribution in [0.2, 0.25) is 0 Å². The molecule has 0 aliphatic rings. The van der Waals surface area contributed by atoms with Gasteiger partial charge in [-0.05, 0) is 66.3 Å². The second-order valence-corrected chi connectivity index (χ2v) is 9.28. The monoisotopic (exact) mass is 547 g/mol. The van der Waals surface area contributed by atoms with E-state index in [1.54, 1.807) is 0 Å². The van der Waals surface area contributed by atoms with Gasteiger partial charge in [-0.15, -0.1) is 0 Å². The highest BCUT2D eigenvalue weighted by atomic mass is 19.4. The minimum atomic E-state index is -4.61. The maximum atomic E-state index is 13.5. The predicted molar refractivity (Wildman–Crippen MR) is 138 cm³/mol. The van der Waals surface area contributed by atoms with Crippen LogP contribution in [0.5, 0.6) is 0 Å². The molecule has 39 heavy (non-hydrogen) atoms. The van der Waals surface area contributed by atoms with E-state index in [0.717, 1.165) is 41.8 Å². The molecule has 5 nitrogen and oxygen atoms in total. The summed E-state index contributed by atoms with van der Waals surface area (Å²) in [5, 5.41) is 2.39. The van der Waals surface area contributed by atoms with Gasteiger partial charge in [-0.1, -0.05) is 37.3 Å². The first-order valence-electron chi connectivity index (χ1n) is 12.5. The van der Waals surface area contributed by atoms with Crippen LogP contribution in [0.3, 0.4) is 0 Å². The number of hydrogen-bond acceptors (Lipinski definition) is 3. The van der Waals surface area contributed by atoms with E-state index in [1.807, 2.05) is 31.2 Å². The summed E-state index contributed by atoms with van der Waals surface area (Å²) in [5.74, 6) is -2.68. The Hall–Kier alpha value is -3.79. The number of alkyl halides is 3. The number of nitrogens with zero attached hydrogens (tertiary/aromatic N) is 1. The fourth-order valence-corrected chi connectivity index (χ4v) is 4.12. The van der Waals surface area contributed by atoms with Crippen molar-refractivity contribution in [2.45, 2.75) is 44.9 Å². The lowest BCUT2D eigenvalue weighted by Gasteiger charge is -2.25. The van der Waals surface area contributed by atoms with E-state index in [1.165, 1.54) is 23.1 Å². The molecule has 0 aliphatic carbocycles. The van der Waals surface area contributed by atoms with Crippen molar-refractivity contribution in [1.82, 2.24) is 10.2 Å². The summed E-state index contributed by atoms with van der Waals surface area (Å²) >= 11 is 0. The van der Waals surface area contributed by atoms with Gasteiger partial charge in [-0.2, -0.15) is 13.2 Å². The van der Waals surface area contributed by atoms with E-state index >= 15 is 0 Å². The molecule has 0 spiro atoms. The van der Waals surface area contributed by atoms with Crippen molar-refractivity contribution < 1.29 is 31.5 Å². The molecule has 0 unspecified atom stereocenters.